The molecule has 0 atom stereocenters. The Labute approximate surface area is 188 Å². The molecule has 1 aromatic heterocycles. The van der Waals surface area contributed by atoms with Gasteiger partial charge in [-0.3, -0.25) is 4.99 Å². The summed E-state index contributed by atoms with van der Waals surface area (Å²) in [4.78, 5) is 4.26. The smallest absolute Gasteiger partial charge is 0.191 e. The van der Waals surface area contributed by atoms with Gasteiger partial charge in [-0.15, -0.1) is 24.0 Å². The normalized spacial score (nSPS) is 11.1. The Bertz CT molecular complexity index is 982. The molecule has 0 aliphatic heterocycles. The van der Waals surface area contributed by atoms with Crippen molar-refractivity contribution in [3.05, 3.63) is 82.4 Å². The lowest BCUT2D eigenvalue weighted by Gasteiger charge is -2.13. The van der Waals surface area contributed by atoms with Crippen molar-refractivity contribution in [2.24, 2.45) is 4.99 Å². The van der Waals surface area contributed by atoms with Gasteiger partial charge in [0.1, 0.15) is 5.82 Å². The van der Waals surface area contributed by atoms with E-state index in [1.54, 1.807) is 26.1 Å². The van der Waals surface area contributed by atoms with Crippen molar-refractivity contribution in [3.63, 3.8) is 0 Å². The molecule has 0 spiro atoms. The van der Waals surface area contributed by atoms with E-state index >= 15 is 0 Å². The minimum atomic E-state index is -0.193. The number of nitrogens with one attached hydrogen (secondary N) is 2. The van der Waals surface area contributed by atoms with Crippen LogP contribution in [0.15, 0.2) is 53.5 Å². The molecule has 0 aliphatic rings. The maximum Gasteiger partial charge on any atom is 0.191 e. The maximum atomic E-state index is 13.7. The summed E-state index contributed by atoms with van der Waals surface area (Å²) in [6.07, 6.45) is 0. The fraction of sp³-hybridized carbons (Fsp3) is 0.273. The second-order valence-corrected chi connectivity index (χ2v) is 6.76. The van der Waals surface area contributed by atoms with E-state index in [-0.39, 0.29) is 29.8 Å². The molecule has 0 saturated heterocycles. The molecule has 0 fully saturated rings. The highest BCUT2D eigenvalue weighted by Crippen LogP contribution is 2.17. The Morgan fingerprint density at radius 1 is 1.03 bits per heavy atom. The molecule has 0 radical (unpaired) electrons. The first kappa shape index (κ1) is 22.9. The van der Waals surface area contributed by atoms with Gasteiger partial charge in [0.2, 0.25) is 0 Å². The van der Waals surface area contributed by atoms with Crippen LogP contribution in [0, 0.1) is 26.6 Å². The summed E-state index contributed by atoms with van der Waals surface area (Å²) in [5.41, 5.74) is 5.76. The Kier molecular flexibility index (Phi) is 8.19. The predicted octanol–water partition coefficient (Wildman–Crippen LogP) is 4.42. The molecule has 0 unspecified atom stereocenters. The largest absolute Gasteiger partial charge is 0.352 e. The molecular formula is C22H27FIN5. The molecule has 29 heavy (non-hydrogen) atoms. The van der Waals surface area contributed by atoms with Crippen LogP contribution in [0.2, 0.25) is 0 Å². The number of rotatable bonds is 5. The van der Waals surface area contributed by atoms with Crippen LogP contribution in [0.1, 0.15) is 28.1 Å². The van der Waals surface area contributed by atoms with Gasteiger partial charge in [0.05, 0.1) is 11.4 Å². The second-order valence-electron chi connectivity index (χ2n) is 6.76. The summed E-state index contributed by atoms with van der Waals surface area (Å²) < 4.78 is 15.7. The first-order valence-corrected chi connectivity index (χ1v) is 9.29. The minimum absolute atomic E-state index is 0. The van der Waals surface area contributed by atoms with Gasteiger partial charge in [0.15, 0.2) is 5.96 Å². The molecule has 0 aliphatic carbocycles. The highest BCUT2D eigenvalue weighted by molar-refractivity contribution is 14.0. The van der Waals surface area contributed by atoms with Crippen LogP contribution in [-0.2, 0) is 13.1 Å². The van der Waals surface area contributed by atoms with Crippen LogP contribution in [0.3, 0.4) is 0 Å². The zero-order valence-corrected chi connectivity index (χ0v) is 19.5. The van der Waals surface area contributed by atoms with Crippen molar-refractivity contribution in [2.75, 3.05) is 7.05 Å². The molecule has 2 aromatic carbocycles. The minimum Gasteiger partial charge on any atom is -0.352 e. The number of hydrogen-bond acceptors (Lipinski definition) is 2. The van der Waals surface area contributed by atoms with Crippen LogP contribution < -0.4 is 10.6 Å². The monoisotopic (exact) mass is 507 g/mol. The molecule has 0 amide bonds. The number of aliphatic imine (C=N–C) groups is 1. The standard InChI is InChI=1S/C22H26FN5.HI/c1-15-10-11-18(12-21(15)23)13-25-22(24-4)26-14-20-16(2)27-28(17(20)3)19-8-6-5-7-9-19;/h5-12H,13-14H2,1-4H3,(H2,24,25,26);1H. The average Bonchev–Trinajstić information content (AvgIpc) is 2.99. The molecule has 0 bridgehead atoms. The summed E-state index contributed by atoms with van der Waals surface area (Å²) in [5, 5.41) is 11.2. The van der Waals surface area contributed by atoms with Gasteiger partial charge in [-0.1, -0.05) is 30.3 Å². The van der Waals surface area contributed by atoms with E-state index in [2.05, 4.69) is 27.6 Å². The van der Waals surface area contributed by atoms with Crippen LogP contribution in [-0.4, -0.2) is 22.8 Å². The molecular weight excluding hydrogens is 480 g/mol. The third kappa shape index (κ3) is 5.56. The van der Waals surface area contributed by atoms with Gasteiger partial charge in [0.25, 0.3) is 0 Å². The molecule has 3 aromatic rings. The Hall–Kier alpha value is -2.42. The van der Waals surface area contributed by atoms with E-state index in [1.807, 2.05) is 48.0 Å². The number of benzene rings is 2. The van der Waals surface area contributed by atoms with Gasteiger partial charge in [-0.25, -0.2) is 9.07 Å². The first-order valence-electron chi connectivity index (χ1n) is 9.29. The summed E-state index contributed by atoms with van der Waals surface area (Å²) in [6.45, 7) is 6.93. The average molecular weight is 507 g/mol. The molecule has 5 nitrogen and oxygen atoms in total. The first-order chi connectivity index (χ1) is 13.5. The zero-order valence-electron chi connectivity index (χ0n) is 17.2. The van der Waals surface area contributed by atoms with Gasteiger partial charge in [0, 0.05) is 31.4 Å². The fourth-order valence-electron chi connectivity index (χ4n) is 3.08. The van der Waals surface area contributed by atoms with Crippen molar-refractivity contribution in [2.45, 2.75) is 33.9 Å². The van der Waals surface area contributed by atoms with Crippen molar-refractivity contribution in [3.8, 4) is 5.69 Å². The number of hydrogen-bond donors (Lipinski definition) is 2. The molecule has 154 valence electrons. The third-order valence-corrected chi connectivity index (χ3v) is 4.79. The maximum absolute atomic E-state index is 13.7. The lowest BCUT2D eigenvalue weighted by molar-refractivity contribution is 0.615. The van der Waals surface area contributed by atoms with E-state index in [4.69, 9.17) is 0 Å². The van der Waals surface area contributed by atoms with Crippen LogP contribution >= 0.6 is 24.0 Å². The highest BCUT2D eigenvalue weighted by Gasteiger charge is 2.13. The van der Waals surface area contributed by atoms with E-state index < -0.39 is 0 Å². The van der Waals surface area contributed by atoms with Gasteiger partial charge < -0.3 is 10.6 Å². The van der Waals surface area contributed by atoms with Crippen LogP contribution in [0.5, 0.6) is 0 Å². The van der Waals surface area contributed by atoms with E-state index in [9.17, 15) is 4.39 Å². The number of nitrogens with zero attached hydrogens (tertiary/aromatic N) is 3. The van der Waals surface area contributed by atoms with E-state index in [1.165, 1.54) is 0 Å². The predicted molar refractivity (Wildman–Crippen MR) is 127 cm³/mol. The summed E-state index contributed by atoms with van der Waals surface area (Å²) in [5.74, 6) is 0.467. The molecule has 2 N–H and O–H groups in total. The van der Waals surface area contributed by atoms with Crippen molar-refractivity contribution < 1.29 is 4.39 Å². The third-order valence-electron chi connectivity index (χ3n) is 4.79. The van der Waals surface area contributed by atoms with Gasteiger partial charge in [-0.2, -0.15) is 5.10 Å². The fourth-order valence-corrected chi connectivity index (χ4v) is 3.08. The number of guanidine groups is 1. The summed E-state index contributed by atoms with van der Waals surface area (Å²) in [6, 6.07) is 15.3. The number of halogens is 2. The zero-order chi connectivity index (χ0) is 20.1. The Morgan fingerprint density at radius 2 is 1.72 bits per heavy atom. The molecule has 1 heterocycles. The topological polar surface area (TPSA) is 54.2 Å². The lowest BCUT2D eigenvalue weighted by atomic mass is 10.1. The number of para-hydroxylation sites is 1. The molecule has 3 rings (SSSR count). The van der Waals surface area contributed by atoms with Crippen molar-refractivity contribution in [1.82, 2.24) is 20.4 Å². The van der Waals surface area contributed by atoms with Crippen molar-refractivity contribution in [1.29, 1.82) is 0 Å². The van der Waals surface area contributed by atoms with E-state index in [0.717, 1.165) is 28.2 Å². The van der Waals surface area contributed by atoms with E-state index in [0.29, 0.717) is 24.6 Å². The highest BCUT2D eigenvalue weighted by atomic mass is 127. The molecule has 0 saturated carbocycles. The second kappa shape index (κ2) is 10.4. The Balaban J connectivity index is 0.00000300. The van der Waals surface area contributed by atoms with Gasteiger partial charge >= 0.3 is 0 Å². The SMILES string of the molecule is CN=C(NCc1ccc(C)c(F)c1)NCc1c(C)nn(-c2ccccc2)c1C.I. The van der Waals surface area contributed by atoms with Gasteiger partial charge in [-0.05, 0) is 50.1 Å². The quantitative estimate of drug-likeness (QED) is 0.306. The van der Waals surface area contributed by atoms with Crippen molar-refractivity contribution >= 4 is 29.9 Å². The lowest BCUT2D eigenvalue weighted by Crippen LogP contribution is -2.36. The van der Waals surface area contributed by atoms with Crippen LogP contribution in [0.4, 0.5) is 4.39 Å². The summed E-state index contributed by atoms with van der Waals surface area (Å²) in [7, 11) is 1.72. The number of aryl methyl sites for hydroxylation is 2. The van der Waals surface area contributed by atoms with Crippen LogP contribution in [0.25, 0.3) is 5.69 Å². The summed E-state index contributed by atoms with van der Waals surface area (Å²) >= 11 is 0. The molecule has 7 heteroatoms. The Morgan fingerprint density at radius 3 is 2.38 bits per heavy atom. The number of aromatic nitrogens is 2.